The largest absolute Gasteiger partial charge is 0.399 e. The Morgan fingerprint density at radius 2 is 2.04 bits per heavy atom. The van der Waals surface area contributed by atoms with E-state index in [1.165, 1.54) is 10.6 Å². The number of fused-ring (bicyclic) bond motifs is 1. The Balaban J connectivity index is 2.29. The molecular weight excluding hydrogens is 294 g/mol. The molecule has 2 heterocycles. The van der Waals surface area contributed by atoms with Gasteiger partial charge in [0.1, 0.15) is 27.6 Å². The lowest BCUT2D eigenvalue weighted by Gasteiger charge is -2.25. The minimum absolute atomic E-state index is 0.0403. The highest BCUT2D eigenvalue weighted by Crippen LogP contribution is 2.20. The molecule has 1 saturated heterocycles. The summed E-state index contributed by atoms with van der Waals surface area (Å²) in [6.45, 7) is 1.60. The van der Waals surface area contributed by atoms with Gasteiger partial charge in [0.15, 0.2) is 0 Å². The van der Waals surface area contributed by atoms with E-state index >= 15 is 0 Å². The Morgan fingerprint density at radius 1 is 1.35 bits per heavy atom. The van der Waals surface area contributed by atoms with Crippen LogP contribution in [0.2, 0.25) is 0 Å². The summed E-state index contributed by atoms with van der Waals surface area (Å²) >= 11 is 0. The number of nitrogens with two attached hydrogens (primary N) is 1. The van der Waals surface area contributed by atoms with E-state index in [4.69, 9.17) is 21.4 Å². The Morgan fingerprint density at radius 3 is 2.70 bits per heavy atom. The van der Waals surface area contributed by atoms with Crippen molar-refractivity contribution in [3.8, 4) is 0 Å². The molecule has 2 amide bonds. The van der Waals surface area contributed by atoms with E-state index in [1.807, 2.05) is 0 Å². The molecule has 0 aliphatic carbocycles. The molecular formula is C14H12B2N4O3. The zero-order valence-corrected chi connectivity index (χ0v) is 12.4. The molecule has 0 spiro atoms. The van der Waals surface area contributed by atoms with Crippen molar-refractivity contribution in [2.45, 2.75) is 25.8 Å². The predicted octanol–water partition coefficient (Wildman–Crippen LogP) is -2.15. The fourth-order valence-electron chi connectivity index (χ4n) is 2.83. The molecule has 1 aromatic heterocycles. The number of rotatable bonds is 1. The van der Waals surface area contributed by atoms with Gasteiger partial charge in [0.05, 0.1) is 10.9 Å². The summed E-state index contributed by atoms with van der Waals surface area (Å²) in [4.78, 5) is 40.5. The lowest BCUT2D eigenvalue weighted by atomic mass is 9.78. The van der Waals surface area contributed by atoms with Crippen LogP contribution in [-0.4, -0.2) is 37.1 Å². The second-order valence-corrected chi connectivity index (χ2v) is 5.49. The molecule has 0 saturated carbocycles. The first-order valence-corrected chi connectivity index (χ1v) is 7.01. The smallest absolute Gasteiger partial charge is 0.264 e. The zero-order chi connectivity index (χ0) is 16.9. The van der Waals surface area contributed by atoms with Gasteiger partial charge in [-0.3, -0.25) is 24.3 Å². The molecule has 7 nitrogen and oxygen atoms in total. The first-order valence-electron chi connectivity index (χ1n) is 7.01. The number of aromatic nitrogens is 2. The van der Waals surface area contributed by atoms with Gasteiger partial charge in [0.2, 0.25) is 11.8 Å². The quantitative estimate of drug-likeness (QED) is 0.355. The molecule has 4 radical (unpaired) electrons. The summed E-state index contributed by atoms with van der Waals surface area (Å²) in [6.07, 6.45) is 0.378. The third kappa shape index (κ3) is 2.32. The fraction of sp³-hybridized carbons (Fsp3) is 0.286. The first kappa shape index (κ1) is 15.3. The Labute approximate surface area is 134 Å². The van der Waals surface area contributed by atoms with Gasteiger partial charge in [0, 0.05) is 12.1 Å². The van der Waals surface area contributed by atoms with Gasteiger partial charge in [-0.25, -0.2) is 4.98 Å². The van der Waals surface area contributed by atoms with E-state index in [-0.39, 0.29) is 40.7 Å². The molecule has 112 valence electrons. The average molecular weight is 306 g/mol. The molecule has 1 aliphatic rings. The van der Waals surface area contributed by atoms with Crippen LogP contribution in [0.5, 0.6) is 0 Å². The Kier molecular flexibility index (Phi) is 3.50. The maximum Gasteiger partial charge on any atom is 0.264 e. The third-order valence-electron chi connectivity index (χ3n) is 4.00. The summed E-state index contributed by atoms with van der Waals surface area (Å²) < 4.78 is 1.25. The van der Waals surface area contributed by atoms with Gasteiger partial charge in [-0.2, -0.15) is 0 Å². The SMILES string of the molecule is [B]c1cc2nc(C)n(C3CCC(=O)NC3=O)c(=O)c2c(N)c1[B]. The number of hydrogen-bond donors (Lipinski definition) is 2. The van der Waals surface area contributed by atoms with E-state index in [2.05, 4.69) is 10.3 Å². The number of anilines is 1. The van der Waals surface area contributed by atoms with Crippen molar-refractivity contribution < 1.29 is 9.59 Å². The summed E-state index contributed by atoms with van der Waals surface area (Å²) in [7, 11) is 11.5. The van der Waals surface area contributed by atoms with E-state index in [1.54, 1.807) is 6.92 Å². The van der Waals surface area contributed by atoms with Crippen LogP contribution >= 0.6 is 0 Å². The number of amides is 2. The van der Waals surface area contributed by atoms with Crippen molar-refractivity contribution in [3.05, 3.63) is 22.2 Å². The minimum Gasteiger partial charge on any atom is -0.399 e. The Hall–Kier alpha value is -2.57. The molecule has 1 aliphatic heterocycles. The standard InChI is InChI=1S/C14H12B2N4O3/c1-5-18-7-4-6(15)11(16)12(17)10(7)14(23)20(5)8-2-3-9(21)19-13(8)22/h4,8H,2-3,17H2,1H3,(H,19,21,22). The lowest BCUT2D eigenvalue weighted by molar-refractivity contribution is -0.135. The van der Waals surface area contributed by atoms with Crippen molar-refractivity contribution in [2.75, 3.05) is 5.73 Å². The van der Waals surface area contributed by atoms with E-state index < -0.39 is 17.5 Å². The van der Waals surface area contributed by atoms with Gasteiger partial charge in [-0.05, 0) is 19.4 Å². The third-order valence-corrected chi connectivity index (χ3v) is 4.00. The van der Waals surface area contributed by atoms with Crippen LogP contribution in [0.1, 0.15) is 24.7 Å². The number of benzene rings is 1. The molecule has 1 aromatic carbocycles. The van der Waals surface area contributed by atoms with Crippen molar-refractivity contribution >= 4 is 55.0 Å². The molecule has 1 atom stereocenters. The van der Waals surface area contributed by atoms with Crippen LogP contribution in [0.4, 0.5) is 5.69 Å². The van der Waals surface area contributed by atoms with E-state index in [9.17, 15) is 14.4 Å². The highest BCUT2D eigenvalue weighted by Gasteiger charge is 2.30. The van der Waals surface area contributed by atoms with Gasteiger partial charge >= 0.3 is 0 Å². The maximum absolute atomic E-state index is 12.8. The second kappa shape index (κ2) is 5.26. The fourth-order valence-corrected chi connectivity index (χ4v) is 2.83. The molecule has 3 rings (SSSR count). The highest BCUT2D eigenvalue weighted by molar-refractivity contribution is 6.52. The van der Waals surface area contributed by atoms with Gasteiger partial charge < -0.3 is 5.73 Å². The summed E-state index contributed by atoms with van der Waals surface area (Å²) in [5, 5.41) is 2.34. The number of piperidine rings is 1. The number of carbonyl (C=O) groups is 2. The summed E-state index contributed by atoms with van der Waals surface area (Å²) in [5.41, 5.74) is 6.13. The number of imide groups is 1. The average Bonchev–Trinajstić information content (AvgIpc) is 2.46. The van der Waals surface area contributed by atoms with Crippen molar-refractivity contribution in [1.29, 1.82) is 0 Å². The van der Waals surface area contributed by atoms with Crippen LogP contribution in [-0.2, 0) is 9.59 Å². The second-order valence-electron chi connectivity index (χ2n) is 5.49. The van der Waals surface area contributed by atoms with Crippen molar-refractivity contribution in [1.82, 2.24) is 14.9 Å². The highest BCUT2D eigenvalue weighted by atomic mass is 16.2. The van der Waals surface area contributed by atoms with Crippen molar-refractivity contribution in [2.24, 2.45) is 0 Å². The Bertz CT molecular complexity index is 923. The zero-order valence-electron chi connectivity index (χ0n) is 12.4. The molecule has 0 bridgehead atoms. The van der Waals surface area contributed by atoms with Gasteiger partial charge in [0.25, 0.3) is 5.56 Å². The number of aryl methyl sites for hydroxylation is 1. The van der Waals surface area contributed by atoms with Gasteiger partial charge in [-0.1, -0.05) is 10.9 Å². The number of carbonyl (C=O) groups excluding carboxylic acids is 2. The topological polar surface area (TPSA) is 107 Å². The first-order chi connectivity index (χ1) is 10.8. The van der Waals surface area contributed by atoms with Crippen molar-refractivity contribution in [3.63, 3.8) is 0 Å². The number of nitrogens with zero attached hydrogens (tertiary/aromatic N) is 2. The van der Waals surface area contributed by atoms with E-state index in [0.29, 0.717) is 11.3 Å². The normalized spacial score (nSPS) is 18.2. The summed E-state index contributed by atoms with van der Waals surface area (Å²) in [6, 6.07) is 0.666. The monoisotopic (exact) mass is 306 g/mol. The molecule has 9 heteroatoms. The molecule has 23 heavy (non-hydrogen) atoms. The molecule has 1 fully saturated rings. The number of nitrogen functional groups attached to an aromatic ring is 1. The lowest BCUT2D eigenvalue weighted by Crippen LogP contribution is -2.45. The van der Waals surface area contributed by atoms with Crippen LogP contribution in [0.3, 0.4) is 0 Å². The predicted molar refractivity (Wildman–Crippen MR) is 87.3 cm³/mol. The van der Waals surface area contributed by atoms with E-state index in [0.717, 1.165) is 0 Å². The van der Waals surface area contributed by atoms with Gasteiger partial charge in [-0.15, -0.1) is 0 Å². The molecule has 1 unspecified atom stereocenters. The number of nitrogens with one attached hydrogen (secondary N) is 1. The number of hydrogen-bond acceptors (Lipinski definition) is 5. The van der Waals surface area contributed by atoms with Crippen LogP contribution < -0.4 is 27.5 Å². The minimum atomic E-state index is -0.810. The summed E-state index contributed by atoms with van der Waals surface area (Å²) in [5.74, 6) is -0.558. The molecule has 2 aromatic rings. The van der Waals surface area contributed by atoms with Crippen LogP contribution in [0.25, 0.3) is 10.9 Å². The van der Waals surface area contributed by atoms with Crippen LogP contribution in [0, 0.1) is 6.92 Å². The van der Waals surface area contributed by atoms with Crippen LogP contribution in [0.15, 0.2) is 10.9 Å². The molecule has 3 N–H and O–H groups in total. The maximum atomic E-state index is 12.8.